The first-order valence-corrected chi connectivity index (χ1v) is 22.6. The molecule has 332 valence electrons. The number of piperidine rings is 4. The molecule has 0 spiro atoms. The summed E-state index contributed by atoms with van der Waals surface area (Å²) in [4.78, 5) is 78.0. The summed E-state index contributed by atoms with van der Waals surface area (Å²) in [7, 11) is -9.65. The standard InChI is InChI=1S/C19H30N4O9S.C14H22N4O7S/c1-19(2,3)30-18(26)22-11-4-5-12(22)9-14(8-11)31-20-16(24)15-7-6-13-10-21(15)17(25)23(13)32-33(27,28)29;19-13(16-24-11-5-8-1-2-9(6-11)15-8)12-4-3-10-7-17(12)14(20)18(10)25-26(21,22)23/h11-15H,4-10H2,1-3H3,(H,20,24)(H,27,28,29);8-12,15H,1-7H2,(H,16,19)(H,21,22,23)/t11?,12?,13-,14?,15+;8?,9?,10-,11?,12+/m11/s1. The first-order valence-electron chi connectivity index (χ1n) is 19.8. The summed E-state index contributed by atoms with van der Waals surface area (Å²) >= 11 is 0. The second kappa shape index (κ2) is 16.7. The molecule has 8 fully saturated rings. The van der Waals surface area contributed by atoms with Gasteiger partial charge >= 0.3 is 39.0 Å². The highest BCUT2D eigenvalue weighted by atomic mass is 32.3. The van der Waals surface area contributed by atoms with Gasteiger partial charge in [-0.15, -0.1) is 8.57 Å². The van der Waals surface area contributed by atoms with Crippen LogP contribution in [0.15, 0.2) is 0 Å². The van der Waals surface area contributed by atoms with Crippen molar-refractivity contribution in [3.63, 3.8) is 0 Å². The van der Waals surface area contributed by atoms with E-state index in [9.17, 15) is 40.8 Å². The average Bonchev–Trinajstić information content (AvgIpc) is 3.78. The number of rotatable bonds is 10. The van der Waals surface area contributed by atoms with Crippen molar-refractivity contribution in [2.75, 3.05) is 13.1 Å². The van der Waals surface area contributed by atoms with Gasteiger partial charge in [-0.25, -0.2) is 25.3 Å². The van der Waals surface area contributed by atoms with Gasteiger partial charge in [0.1, 0.15) is 17.7 Å². The molecule has 0 aromatic rings. The van der Waals surface area contributed by atoms with E-state index in [1.807, 2.05) is 20.8 Å². The Morgan fingerprint density at radius 2 is 1.05 bits per heavy atom. The maximum atomic E-state index is 12.7. The summed E-state index contributed by atoms with van der Waals surface area (Å²) in [5.41, 5.74) is 4.34. The summed E-state index contributed by atoms with van der Waals surface area (Å²) in [6.45, 7) is 5.73. The van der Waals surface area contributed by atoms with Crippen molar-refractivity contribution in [1.82, 2.24) is 41.1 Å². The van der Waals surface area contributed by atoms with Gasteiger partial charge in [-0.3, -0.25) is 28.4 Å². The Balaban J connectivity index is 0.000000184. The first-order chi connectivity index (χ1) is 27.6. The third-order valence-corrected chi connectivity index (χ3v) is 12.7. The van der Waals surface area contributed by atoms with E-state index in [1.54, 1.807) is 4.90 Å². The van der Waals surface area contributed by atoms with E-state index in [0.717, 1.165) is 38.5 Å². The van der Waals surface area contributed by atoms with Crippen LogP contribution >= 0.6 is 0 Å². The predicted octanol–water partition coefficient (Wildman–Crippen LogP) is 0.288. The summed E-state index contributed by atoms with van der Waals surface area (Å²) in [6.07, 6.45) is 7.39. The van der Waals surface area contributed by atoms with Gasteiger partial charge in [0.15, 0.2) is 0 Å². The number of nitrogens with zero attached hydrogens (tertiary/aromatic N) is 5. The van der Waals surface area contributed by atoms with Gasteiger partial charge < -0.3 is 24.8 Å². The average molecular weight is 881 g/mol. The molecule has 8 saturated heterocycles. The van der Waals surface area contributed by atoms with Crippen LogP contribution in [0.1, 0.15) is 97.8 Å². The van der Waals surface area contributed by atoms with Crippen molar-refractivity contribution in [2.24, 2.45) is 0 Å². The van der Waals surface area contributed by atoms with Crippen LogP contribution in [0.5, 0.6) is 0 Å². The Labute approximate surface area is 341 Å². The van der Waals surface area contributed by atoms with Crippen molar-refractivity contribution in [2.45, 2.75) is 164 Å². The smallest absolute Gasteiger partial charge is 0.418 e. The zero-order valence-electron chi connectivity index (χ0n) is 32.8. The highest BCUT2D eigenvalue weighted by molar-refractivity contribution is 7.81. The number of hydrogen-bond donors (Lipinski definition) is 5. The fourth-order valence-corrected chi connectivity index (χ4v) is 10.3. The summed E-state index contributed by atoms with van der Waals surface area (Å²) in [5.74, 6) is -0.950. The van der Waals surface area contributed by atoms with Crippen molar-refractivity contribution in [3.05, 3.63) is 0 Å². The van der Waals surface area contributed by atoms with Crippen molar-refractivity contribution in [3.8, 4) is 0 Å². The normalized spacial score (nSPS) is 33.8. The summed E-state index contributed by atoms with van der Waals surface area (Å²) < 4.78 is 75.7. The Morgan fingerprint density at radius 1 is 0.644 bits per heavy atom. The molecule has 26 heteroatoms. The molecule has 8 aliphatic heterocycles. The van der Waals surface area contributed by atoms with E-state index in [-0.39, 0.29) is 43.5 Å². The number of hydroxylamine groups is 6. The highest BCUT2D eigenvalue weighted by Crippen LogP contribution is 2.38. The van der Waals surface area contributed by atoms with E-state index < -0.39 is 74.4 Å². The molecule has 4 unspecified atom stereocenters. The van der Waals surface area contributed by atoms with Crippen LogP contribution in [-0.4, -0.2) is 160 Å². The lowest BCUT2D eigenvalue weighted by Gasteiger charge is -2.39. The predicted molar refractivity (Wildman–Crippen MR) is 196 cm³/mol. The van der Waals surface area contributed by atoms with E-state index in [1.165, 1.54) is 9.80 Å². The minimum atomic E-state index is -4.85. The van der Waals surface area contributed by atoms with E-state index >= 15 is 0 Å². The lowest BCUT2D eigenvalue weighted by atomic mass is 10.00. The Kier molecular flexibility index (Phi) is 12.3. The zero-order valence-corrected chi connectivity index (χ0v) is 34.5. The Bertz CT molecular complexity index is 1860. The number of hydrogen-bond acceptors (Lipinski definition) is 15. The number of carbonyl (C=O) groups is 5. The quantitative estimate of drug-likeness (QED) is 0.146. The largest absolute Gasteiger partial charge is 0.444 e. The lowest BCUT2D eigenvalue weighted by Crippen LogP contribution is -2.53. The SMILES string of the molecule is CC(C)(C)OC(=O)N1C2CCC1CC(ONC(=O)[C@@H]1CC[C@@H]3CN1C(=O)N3OS(=O)(=O)O)C2.O=C(NOC1CC2CCC(C1)N2)[C@@H]1CC[C@@H]2CN1C(=O)N2OS(=O)(=O)O. The second-order valence-corrected chi connectivity index (χ2v) is 19.3. The number of amides is 7. The molecule has 0 aromatic heterocycles. The molecule has 8 aliphatic rings. The maximum absolute atomic E-state index is 12.7. The monoisotopic (exact) mass is 880 g/mol. The molecule has 8 heterocycles. The molecule has 7 amide bonds. The van der Waals surface area contributed by atoms with Crippen molar-refractivity contribution < 1.29 is 72.9 Å². The minimum Gasteiger partial charge on any atom is -0.444 e. The van der Waals surface area contributed by atoms with Crippen molar-refractivity contribution in [1.29, 1.82) is 0 Å². The molecule has 5 N–H and O–H groups in total. The maximum Gasteiger partial charge on any atom is 0.418 e. The van der Waals surface area contributed by atoms with Gasteiger partial charge in [-0.1, -0.05) is 0 Å². The molecular formula is C33H52N8O16S2. The molecule has 0 radical (unpaired) electrons. The molecule has 0 aliphatic carbocycles. The number of nitrogens with one attached hydrogen (secondary N) is 3. The minimum absolute atomic E-state index is 0.0257. The summed E-state index contributed by atoms with van der Waals surface area (Å²) in [6, 6.07) is -3.45. The number of ether oxygens (including phenoxy) is 1. The first kappa shape index (κ1) is 43.5. The number of carbonyl (C=O) groups excluding carboxylic acids is 5. The molecular weight excluding hydrogens is 829 g/mol. The Morgan fingerprint density at radius 3 is 1.46 bits per heavy atom. The van der Waals surface area contributed by atoms with Gasteiger partial charge in [0.25, 0.3) is 11.8 Å². The van der Waals surface area contributed by atoms with Crippen LogP contribution in [0.25, 0.3) is 0 Å². The van der Waals surface area contributed by atoms with E-state index in [0.29, 0.717) is 60.7 Å². The van der Waals surface area contributed by atoms with E-state index in [4.69, 9.17) is 23.5 Å². The van der Waals surface area contributed by atoms with Crippen LogP contribution in [0, 0.1) is 0 Å². The van der Waals surface area contributed by atoms with Gasteiger partial charge in [0, 0.05) is 37.3 Å². The number of fused-ring (bicyclic) bond motifs is 8. The zero-order chi connectivity index (χ0) is 42.6. The fraction of sp³-hybridized carbons (Fsp3) is 0.848. The summed E-state index contributed by atoms with van der Waals surface area (Å²) in [5, 5.41) is 4.70. The van der Waals surface area contributed by atoms with E-state index in [2.05, 4.69) is 24.8 Å². The van der Waals surface area contributed by atoms with Crippen molar-refractivity contribution >= 4 is 50.8 Å². The van der Waals surface area contributed by atoms with Gasteiger partial charge in [0.05, 0.1) is 24.3 Å². The highest BCUT2D eigenvalue weighted by Gasteiger charge is 2.52. The third kappa shape index (κ3) is 10.1. The fourth-order valence-electron chi connectivity index (χ4n) is 9.56. The second-order valence-electron chi connectivity index (χ2n) is 17.3. The third-order valence-electron chi connectivity index (χ3n) is 12.0. The van der Waals surface area contributed by atoms with Crippen LogP contribution in [0.3, 0.4) is 0 Å². The molecule has 0 saturated carbocycles. The van der Waals surface area contributed by atoms with Gasteiger partial charge in [0.2, 0.25) is 0 Å². The van der Waals surface area contributed by atoms with Gasteiger partial charge in [-0.2, -0.15) is 27.0 Å². The molecule has 0 aromatic carbocycles. The Hall–Kier alpha value is -3.63. The van der Waals surface area contributed by atoms with Gasteiger partial charge in [-0.05, 0) is 97.8 Å². The molecule has 8 bridgehead atoms. The molecule has 8 rings (SSSR count). The molecule has 24 nitrogen and oxygen atoms in total. The van der Waals surface area contributed by atoms with Crippen LogP contribution in [-0.2, 0) is 53.4 Å². The lowest BCUT2D eigenvalue weighted by molar-refractivity contribution is -0.147. The van der Waals surface area contributed by atoms with Crippen LogP contribution in [0.2, 0.25) is 0 Å². The number of urea groups is 2. The molecule has 59 heavy (non-hydrogen) atoms. The topological polar surface area (TPSA) is 293 Å². The van der Waals surface area contributed by atoms with Crippen LogP contribution < -0.4 is 16.3 Å². The van der Waals surface area contributed by atoms with Crippen LogP contribution in [0.4, 0.5) is 14.4 Å². The molecule has 8 atom stereocenters.